The first-order chi connectivity index (χ1) is 16.0. The summed E-state index contributed by atoms with van der Waals surface area (Å²) in [5.74, 6) is -0.755. The second kappa shape index (κ2) is 8.83. The maximum atomic E-state index is 12.9. The topological polar surface area (TPSA) is 55.7 Å². The van der Waals surface area contributed by atoms with Crippen molar-refractivity contribution in [3.8, 4) is 0 Å². The molecule has 4 nitrogen and oxygen atoms in total. The zero-order chi connectivity index (χ0) is 22.8. The summed E-state index contributed by atoms with van der Waals surface area (Å²) in [7, 11) is 0. The fourth-order valence-electron chi connectivity index (χ4n) is 4.26. The fourth-order valence-corrected chi connectivity index (χ4v) is 5.31. The summed E-state index contributed by atoms with van der Waals surface area (Å²) >= 11 is 1.35. The first-order valence-corrected chi connectivity index (χ1v) is 11.8. The molecule has 3 aromatic carbocycles. The molecule has 33 heavy (non-hydrogen) atoms. The van der Waals surface area contributed by atoms with Crippen LogP contribution >= 0.6 is 11.8 Å². The van der Waals surface area contributed by atoms with Crippen molar-refractivity contribution in [3.05, 3.63) is 119 Å². The number of rotatable bonds is 4. The normalized spacial score (nSPS) is 20.2. The lowest BCUT2D eigenvalue weighted by Crippen LogP contribution is -2.24. The molecule has 5 heteroatoms. The molecule has 1 atom stereocenters. The van der Waals surface area contributed by atoms with Gasteiger partial charge in [0.2, 0.25) is 0 Å². The molecule has 0 radical (unpaired) electrons. The molecule has 0 saturated heterocycles. The minimum Gasteiger partial charge on any atom is -0.449 e. The van der Waals surface area contributed by atoms with Gasteiger partial charge in [0.05, 0.1) is 0 Å². The number of carbonyl (C=O) groups excluding carboxylic acids is 2. The summed E-state index contributed by atoms with van der Waals surface area (Å²) in [4.78, 5) is 29.8. The van der Waals surface area contributed by atoms with Gasteiger partial charge in [-0.3, -0.25) is 4.79 Å². The molecule has 0 aromatic heterocycles. The largest absolute Gasteiger partial charge is 0.449 e. The number of benzene rings is 3. The van der Waals surface area contributed by atoms with E-state index in [1.165, 1.54) is 29.0 Å². The number of aliphatic imine (C=N–C) groups is 1. The average molecular weight is 454 g/mol. The molecule has 164 valence electrons. The Morgan fingerprint density at radius 1 is 0.939 bits per heavy atom. The minimum atomic E-state index is -0.941. The van der Waals surface area contributed by atoms with Gasteiger partial charge in [0, 0.05) is 22.8 Å². The van der Waals surface area contributed by atoms with Crippen LogP contribution in [0.5, 0.6) is 0 Å². The SMILES string of the molecule is C[C@]1(/C=C/C(=O)OC2c3ccccc3CCc3ccccc32)SC(c2ccccc2)=NC1=O. The van der Waals surface area contributed by atoms with Crippen molar-refractivity contribution in [2.24, 2.45) is 4.99 Å². The maximum Gasteiger partial charge on any atom is 0.331 e. The minimum absolute atomic E-state index is 0.277. The molecule has 3 aromatic rings. The lowest BCUT2D eigenvalue weighted by Gasteiger charge is -2.20. The molecule has 1 aliphatic carbocycles. The van der Waals surface area contributed by atoms with Gasteiger partial charge in [0.15, 0.2) is 6.10 Å². The fraction of sp³-hybridized carbons (Fsp3) is 0.179. The number of ether oxygens (including phenoxy) is 1. The first kappa shape index (κ1) is 21.4. The highest BCUT2D eigenvalue weighted by Crippen LogP contribution is 2.38. The highest BCUT2D eigenvalue weighted by atomic mass is 32.2. The van der Waals surface area contributed by atoms with Crippen molar-refractivity contribution < 1.29 is 14.3 Å². The van der Waals surface area contributed by atoms with Crippen LogP contribution in [-0.4, -0.2) is 21.7 Å². The summed E-state index contributed by atoms with van der Waals surface area (Å²) in [6.45, 7) is 1.78. The Labute approximate surface area is 197 Å². The lowest BCUT2D eigenvalue weighted by molar-refractivity contribution is -0.141. The number of carbonyl (C=O) groups is 2. The van der Waals surface area contributed by atoms with E-state index in [0.29, 0.717) is 5.04 Å². The Hall–Kier alpha value is -3.44. The Morgan fingerprint density at radius 2 is 1.52 bits per heavy atom. The quantitative estimate of drug-likeness (QED) is 0.389. The van der Waals surface area contributed by atoms with E-state index in [-0.39, 0.29) is 5.91 Å². The van der Waals surface area contributed by atoms with Crippen LogP contribution in [0.4, 0.5) is 0 Å². The van der Waals surface area contributed by atoms with Gasteiger partial charge in [-0.25, -0.2) is 9.79 Å². The molecular weight excluding hydrogens is 430 g/mol. The summed E-state index contributed by atoms with van der Waals surface area (Å²) in [6, 6.07) is 25.8. The van der Waals surface area contributed by atoms with Gasteiger partial charge in [-0.15, -0.1) is 0 Å². The number of hydrogen-bond acceptors (Lipinski definition) is 4. The van der Waals surface area contributed by atoms with Crippen LogP contribution in [-0.2, 0) is 27.2 Å². The molecule has 1 heterocycles. The van der Waals surface area contributed by atoms with E-state index in [2.05, 4.69) is 17.1 Å². The molecule has 0 saturated carbocycles. The van der Waals surface area contributed by atoms with Crippen molar-refractivity contribution in [2.45, 2.75) is 30.6 Å². The number of amides is 1. The summed E-state index contributed by atoms with van der Waals surface area (Å²) in [6.07, 6.45) is 4.30. The molecule has 1 aliphatic heterocycles. The van der Waals surface area contributed by atoms with Crippen LogP contribution < -0.4 is 0 Å². The van der Waals surface area contributed by atoms with Crippen LogP contribution in [0.3, 0.4) is 0 Å². The smallest absolute Gasteiger partial charge is 0.331 e. The number of thioether (sulfide) groups is 1. The van der Waals surface area contributed by atoms with Gasteiger partial charge in [-0.2, -0.15) is 0 Å². The molecule has 0 N–H and O–H groups in total. The van der Waals surface area contributed by atoms with E-state index >= 15 is 0 Å². The van der Waals surface area contributed by atoms with E-state index in [1.807, 2.05) is 66.7 Å². The van der Waals surface area contributed by atoms with Crippen LogP contribution in [0.1, 0.15) is 40.8 Å². The summed E-state index contributed by atoms with van der Waals surface area (Å²) in [5, 5.41) is 0.660. The first-order valence-electron chi connectivity index (χ1n) is 11.0. The van der Waals surface area contributed by atoms with Crippen molar-refractivity contribution in [3.63, 3.8) is 0 Å². The number of esters is 1. The third-order valence-electron chi connectivity index (χ3n) is 6.07. The van der Waals surface area contributed by atoms with Crippen LogP contribution in [0.15, 0.2) is 96.0 Å². The number of hydrogen-bond donors (Lipinski definition) is 0. The lowest BCUT2D eigenvalue weighted by atomic mass is 9.97. The van der Waals surface area contributed by atoms with Crippen molar-refractivity contribution in [2.75, 3.05) is 0 Å². The van der Waals surface area contributed by atoms with Gasteiger partial charge in [0.1, 0.15) is 9.79 Å². The summed E-state index contributed by atoms with van der Waals surface area (Å²) in [5.41, 5.74) is 5.28. The van der Waals surface area contributed by atoms with E-state index in [4.69, 9.17) is 4.74 Å². The molecule has 5 rings (SSSR count). The predicted molar refractivity (Wildman–Crippen MR) is 131 cm³/mol. The van der Waals surface area contributed by atoms with Crippen molar-refractivity contribution in [1.82, 2.24) is 0 Å². The van der Waals surface area contributed by atoms with Gasteiger partial charge < -0.3 is 4.74 Å². The molecular formula is C28H23NO3S. The van der Waals surface area contributed by atoms with Crippen LogP contribution in [0, 0.1) is 0 Å². The Kier molecular flexibility index (Phi) is 5.73. The van der Waals surface area contributed by atoms with Crippen LogP contribution in [0.25, 0.3) is 0 Å². The van der Waals surface area contributed by atoms with Gasteiger partial charge in [-0.05, 0) is 30.9 Å². The number of aryl methyl sites for hydroxylation is 2. The van der Waals surface area contributed by atoms with Crippen LogP contribution in [0.2, 0.25) is 0 Å². The van der Waals surface area contributed by atoms with Gasteiger partial charge in [-0.1, -0.05) is 96.7 Å². The molecule has 1 amide bonds. The molecule has 0 spiro atoms. The summed E-state index contributed by atoms with van der Waals surface area (Å²) < 4.78 is 5.05. The number of fused-ring (bicyclic) bond motifs is 2. The van der Waals surface area contributed by atoms with E-state index in [0.717, 1.165) is 29.5 Å². The van der Waals surface area contributed by atoms with Crippen molar-refractivity contribution in [1.29, 1.82) is 0 Å². The molecule has 2 aliphatic rings. The third-order valence-corrected chi connectivity index (χ3v) is 7.32. The highest BCUT2D eigenvalue weighted by molar-refractivity contribution is 8.16. The second-order valence-corrected chi connectivity index (χ2v) is 9.78. The van der Waals surface area contributed by atoms with E-state index in [9.17, 15) is 9.59 Å². The zero-order valence-electron chi connectivity index (χ0n) is 18.2. The van der Waals surface area contributed by atoms with E-state index in [1.54, 1.807) is 13.0 Å². The maximum absolute atomic E-state index is 12.9. The Bertz CT molecular complexity index is 1230. The number of nitrogens with zero attached hydrogens (tertiary/aromatic N) is 1. The molecule has 0 unspecified atom stereocenters. The zero-order valence-corrected chi connectivity index (χ0v) is 19.0. The monoisotopic (exact) mass is 453 g/mol. The van der Waals surface area contributed by atoms with Gasteiger partial charge >= 0.3 is 5.97 Å². The third kappa shape index (κ3) is 4.29. The molecule has 0 fully saturated rings. The van der Waals surface area contributed by atoms with Crippen molar-refractivity contribution >= 4 is 28.7 Å². The van der Waals surface area contributed by atoms with E-state index < -0.39 is 16.8 Å². The Balaban J connectivity index is 1.37. The Morgan fingerprint density at radius 3 is 2.15 bits per heavy atom. The highest BCUT2D eigenvalue weighted by Gasteiger charge is 2.39. The molecule has 0 bridgehead atoms. The average Bonchev–Trinajstić information content (AvgIpc) is 3.06. The van der Waals surface area contributed by atoms with Gasteiger partial charge in [0.25, 0.3) is 5.91 Å². The standard InChI is InChI=1S/C28H23NO3S/c1-28(27(31)29-26(33-28)21-11-3-2-4-12-21)18-17-24(30)32-25-22-13-7-5-9-19(22)15-16-20-10-6-8-14-23(20)25/h2-14,17-18,25H,15-16H2,1H3/b18-17+/t28-/m1/s1. The predicted octanol–water partition coefficient (Wildman–Crippen LogP) is 5.45. The second-order valence-electron chi connectivity index (χ2n) is 8.35.